The molecule has 1 atom stereocenters. The summed E-state index contributed by atoms with van der Waals surface area (Å²) in [5.41, 5.74) is 0.360. The Kier molecular flexibility index (Phi) is 4.00. The fourth-order valence-corrected chi connectivity index (χ4v) is 2.67. The maximum Gasteiger partial charge on any atom is 0.229 e. The lowest BCUT2D eigenvalue weighted by Gasteiger charge is -2.32. The van der Waals surface area contributed by atoms with Crippen LogP contribution in [0, 0.1) is 11.3 Å². The summed E-state index contributed by atoms with van der Waals surface area (Å²) in [6.07, 6.45) is 5.16. The van der Waals surface area contributed by atoms with Gasteiger partial charge in [-0.1, -0.05) is 19.0 Å². The van der Waals surface area contributed by atoms with Gasteiger partial charge in [0.25, 0.3) is 0 Å². The van der Waals surface area contributed by atoms with Gasteiger partial charge in [-0.3, -0.25) is 0 Å². The monoisotopic (exact) mass is 298 g/mol. The van der Waals surface area contributed by atoms with Crippen LogP contribution in [0.5, 0.6) is 0 Å². The molecule has 0 bridgehead atoms. The maximum absolute atomic E-state index is 9.18. The summed E-state index contributed by atoms with van der Waals surface area (Å²) >= 11 is 0. The Bertz CT molecular complexity index is 689. The highest BCUT2D eigenvalue weighted by molar-refractivity contribution is 5.50. The molecule has 22 heavy (non-hydrogen) atoms. The van der Waals surface area contributed by atoms with E-state index in [9.17, 15) is 5.26 Å². The molecule has 0 saturated carbocycles. The highest BCUT2D eigenvalue weighted by Gasteiger charge is 2.27. The second-order valence-corrected chi connectivity index (χ2v) is 5.77. The molecule has 0 aliphatic carbocycles. The van der Waals surface area contributed by atoms with E-state index < -0.39 is 0 Å². The van der Waals surface area contributed by atoms with Crippen molar-refractivity contribution in [2.75, 3.05) is 18.0 Å². The lowest BCUT2D eigenvalue weighted by molar-refractivity contribution is 0.354. The van der Waals surface area contributed by atoms with Crippen LogP contribution in [-0.2, 0) is 0 Å². The average molecular weight is 298 g/mol. The van der Waals surface area contributed by atoms with Crippen molar-refractivity contribution in [1.82, 2.24) is 20.1 Å². The molecule has 1 aliphatic heterocycles. The maximum atomic E-state index is 9.18. The summed E-state index contributed by atoms with van der Waals surface area (Å²) in [5.74, 6) is 2.48. The van der Waals surface area contributed by atoms with E-state index in [1.165, 1.54) is 6.20 Å². The molecule has 114 valence electrons. The second-order valence-electron chi connectivity index (χ2n) is 5.77. The Morgan fingerprint density at radius 2 is 2.18 bits per heavy atom. The first kappa shape index (κ1) is 14.4. The van der Waals surface area contributed by atoms with Gasteiger partial charge in [0, 0.05) is 37.3 Å². The van der Waals surface area contributed by atoms with Crippen molar-refractivity contribution in [2.24, 2.45) is 0 Å². The predicted octanol–water partition coefficient (Wildman–Crippen LogP) is 2.24. The van der Waals surface area contributed by atoms with Crippen LogP contribution in [0.4, 0.5) is 5.82 Å². The van der Waals surface area contributed by atoms with Crippen LogP contribution >= 0.6 is 0 Å². The third kappa shape index (κ3) is 2.77. The number of hydrogen-bond acceptors (Lipinski definition) is 7. The van der Waals surface area contributed by atoms with Crippen molar-refractivity contribution in [3.05, 3.63) is 29.8 Å². The average Bonchev–Trinajstić information content (AvgIpc) is 3.05. The molecule has 7 heteroatoms. The Morgan fingerprint density at radius 3 is 2.91 bits per heavy atom. The van der Waals surface area contributed by atoms with Gasteiger partial charge < -0.3 is 9.42 Å². The van der Waals surface area contributed by atoms with Crippen LogP contribution < -0.4 is 4.90 Å². The minimum atomic E-state index is 0.193. The molecule has 2 aromatic heterocycles. The number of hydrogen-bond donors (Lipinski definition) is 0. The van der Waals surface area contributed by atoms with Crippen molar-refractivity contribution in [3.8, 4) is 6.07 Å². The van der Waals surface area contributed by atoms with Crippen LogP contribution in [-0.4, -0.2) is 33.2 Å². The van der Waals surface area contributed by atoms with Gasteiger partial charge in [0.05, 0.1) is 0 Å². The Balaban J connectivity index is 1.80. The molecule has 0 aromatic carbocycles. The van der Waals surface area contributed by atoms with Crippen molar-refractivity contribution in [1.29, 1.82) is 5.26 Å². The van der Waals surface area contributed by atoms with Gasteiger partial charge in [-0.2, -0.15) is 10.2 Å². The number of nitriles is 1. The topological polar surface area (TPSA) is 91.7 Å². The van der Waals surface area contributed by atoms with Crippen LogP contribution in [0.15, 0.2) is 16.9 Å². The van der Waals surface area contributed by atoms with Crippen LogP contribution in [0.1, 0.15) is 55.9 Å². The van der Waals surface area contributed by atoms with Gasteiger partial charge in [0.15, 0.2) is 17.3 Å². The molecule has 0 spiro atoms. The summed E-state index contributed by atoms with van der Waals surface area (Å²) in [7, 11) is 0. The first-order chi connectivity index (χ1) is 10.7. The Morgan fingerprint density at radius 1 is 1.36 bits per heavy atom. The van der Waals surface area contributed by atoms with Gasteiger partial charge in [0.1, 0.15) is 6.07 Å². The zero-order chi connectivity index (χ0) is 15.5. The van der Waals surface area contributed by atoms with Crippen LogP contribution in [0.25, 0.3) is 0 Å². The quantitative estimate of drug-likeness (QED) is 0.858. The zero-order valence-corrected chi connectivity index (χ0v) is 12.7. The normalized spacial score (nSPS) is 18.5. The zero-order valence-electron chi connectivity index (χ0n) is 12.7. The van der Waals surface area contributed by atoms with E-state index in [1.54, 1.807) is 6.20 Å². The lowest BCUT2D eigenvalue weighted by Crippen LogP contribution is -2.36. The molecule has 0 unspecified atom stereocenters. The van der Waals surface area contributed by atoms with Crippen molar-refractivity contribution in [2.45, 2.75) is 38.5 Å². The summed E-state index contributed by atoms with van der Waals surface area (Å²) in [5, 5.41) is 13.3. The molecule has 0 radical (unpaired) electrons. The summed E-state index contributed by atoms with van der Waals surface area (Å²) in [6.45, 7) is 5.65. The van der Waals surface area contributed by atoms with Crippen LogP contribution in [0.3, 0.4) is 0 Å². The molecule has 1 aliphatic rings. The number of anilines is 1. The van der Waals surface area contributed by atoms with Crippen molar-refractivity contribution < 1.29 is 4.52 Å². The van der Waals surface area contributed by atoms with E-state index in [2.05, 4.69) is 31.1 Å². The summed E-state index contributed by atoms with van der Waals surface area (Å²) in [4.78, 5) is 15.0. The minimum absolute atomic E-state index is 0.193. The first-order valence-electron chi connectivity index (χ1n) is 7.48. The molecule has 2 aromatic rings. The third-order valence-electron chi connectivity index (χ3n) is 3.82. The van der Waals surface area contributed by atoms with Crippen molar-refractivity contribution in [3.63, 3.8) is 0 Å². The van der Waals surface area contributed by atoms with Crippen molar-refractivity contribution >= 4 is 5.82 Å². The van der Waals surface area contributed by atoms with Gasteiger partial charge in [0.2, 0.25) is 5.89 Å². The molecule has 1 saturated heterocycles. The summed E-state index contributed by atoms with van der Waals surface area (Å²) < 4.78 is 5.31. The van der Waals surface area contributed by atoms with Gasteiger partial charge in [-0.15, -0.1) is 0 Å². The Labute approximate surface area is 129 Å². The SMILES string of the molecule is CC(C)c1nc([C@@H]2CCCN(c3nccnc3C#N)C2)no1. The van der Waals surface area contributed by atoms with E-state index in [0.717, 1.165) is 31.8 Å². The van der Waals surface area contributed by atoms with E-state index in [1.807, 2.05) is 13.8 Å². The lowest BCUT2D eigenvalue weighted by atomic mass is 9.97. The largest absolute Gasteiger partial charge is 0.353 e. The predicted molar refractivity (Wildman–Crippen MR) is 79.3 cm³/mol. The molecule has 0 N–H and O–H groups in total. The standard InChI is InChI=1S/C15H18N6O/c1-10(2)15-19-13(20-22-15)11-4-3-7-21(9-11)14-12(8-16)17-5-6-18-14/h5-6,10-11H,3-4,7,9H2,1-2H3/t11-/m1/s1. The number of aromatic nitrogens is 4. The highest BCUT2D eigenvalue weighted by Crippen LogP contribution is 2.29. The number of piperidine rings is 1. The number of nitrogens with zero attached hydrogens (tertiary/aromatic N) is 6. The molecule has 3 heterocycles. The van der Waals surface area contributed by atoms with Gasteiger partial charge in [-0.25, -0.2) is 9.97 Å². The molecule has 1 fully saturated rings. The fourth-order valence-electron chi connectivity index (χ4n) is 2.67. The van der Waals surface area contributed by atoms with E-state index in [-0.39, 0.29) is 11.8 Å². The second kappa shape index (κ2) is 6.10. The smallest absolute Gasteiger partial charge is 0.229 e. The van der Waals surface area contributed by atoms with Crippen LogP contribution in [0.2, 0.25) is 0 Å². The summed E-state index contributed by atoms with van der Waals surface area (Å²) in [6, 6.07) is 2.10. The molecular formula is C15H18N6O. The van der Waals surface area contributed by atoms with Gasteiger partial charge >= 0.3 is 0 Å². The number of rotatable bonds is 3. The first-order valence-corrected chi connectivity index (χ1v) is 7.48. The molecule has 3 rings (SSSR count). The van der Waals surface area contributed by atoms with E-state index in [4.69, 9.17) is 4.52 Å². The minimum Gasteiger partial charge on any atom is -0.353 e. The van der Waals surface area contributed by atoms with Gasteiger partial charge in [-0.05, 0) is 12.8 Å². The third-order valence-corrected chi connectivity index (χ3v) is 3.82. The Hall–Kier alpha value is -2.49. The molecule has 7 nitrogen and oxygen atoms in total. The van der Waals surface area contributed by atoms with E-state index >= 15 is 0 Å². The molecule has 0 amide bonds. The molecular weight excluding hydrogens is 280 g/mol. The van der Waals surface area contributed by atoms with E-state index in [0.29, 0.717) is 17.4 Å². The fraction of sp³-hybridized carbons (Fsp3) is 0.533. The highest BCUT2D eigenvalue weighted by atomic mass is 16.5.